The normalized spacial score (nSPS) is 15.4. The first-order chi connectivity index (χ1) is 10.5. The molecule has 0 aliphatic carbocycles. The van der Waals surface area contributed by atoms with E-state index in [2.05, 4.69) is 0 Å². The van der Waals surface area contributed by atoms with Gasteiger partial charge >= 0.3 is 6.03 Å². The van der Waals surface area contributed by atoms with Gasteiger partial charge in [-0.15, -0.1) is 0 Å². The lowest BCUT2D eigenvalue weighted by Gasteiger charge is -2.21. The fourth-order valence-corrected chi connectivity index (χ4v) is 2.45. The molecule has 120 valence electrons. The maximum atomic E-state index is 12.2. The Bertz CT molecular complexity index is 565. The number of ether oxygens (including phenoxy) is 1. The van der Waals surface area contributed by atoms with Gasteiger partial charge in [0.2, 0.25) is 0 Å². The summed E-state index contributed by atoms with van der Waals surface area (Å²) in [4.78, 5) is 26.6. The summed E-state index contributed by atoms with van der Waals surface area (Å²) in [6.45, 7) is 3.97. The third kappa shape index (κ3) is 4.27. The molecule has 2 N–H and O–H groups in total. The topological polar surface area (TPSA) is 75.9 Å². The van der Waals surface area contributed by atoms with E-state index in [4.69, 9.17) is 22.1 Å². The van der Waals surface area contributed by atoms with Gasteiger partial charge in [0.1, 0.15) is 5.75 Å². The van der Waals surface area contributed by atoms with Crippen molar-refractivity contribution in [3.8, 4) is 5.75 Å². The molecule has 1 saturated heterocycles. The van der Waals surface area contributed by atoms with Gasteiger partial charge in [0.15, 0.2) is 6.61 Å². The average molecular weight is 326 g/mol. The average Bonchev–Trinajstić information content (AvgIpc) is 2.74. The molecule has 7 heteroatoms. The van der Waals surface area contributed by atoms with Gasteiger partial charge in [-0.2, -0.15) is 0 Å². The number of nitrogens with zero attached hydrogens (tertiary/aromatic N) is 2. The van der Waals surface area contributed by atoms with Crippen LogP contribution in [0, 0.1) is 6.92 Å². The predicted molar refractivity (Wildman–Crippen MR) is 84.0 cm³/mol. The molecule has 0 spiro atoms. The molecule has 2 rings (SSSR count). The van der Waals surface area contributed by atoms with Crippen molar-refractivity contribution in [3.63, 3.8) is 0 Å². The summed E-state index contributed by atoms with van der Waals surface area (Å²) in [5, 5.41) is 0.665. The van der Waals surface area contributed by atoms with Crippen molar-refractivity contribution < 1.29 is 14.3 Å². The molecule has 0 unspecified atom stereocenters. The summed E-state index contributed by atoms with van der Waals surface area (Å²) in [5.41, 5.74) is 6.17. The molecule has 1 aromatic rings. The van der Waals surface area contributed by atoms with E-state index in [-0.39, 0.29) is 12.5 Å². The van der Waals surface area contributed by atoms with E-state index in [1.165, 1.54) is 0 Å². The van der Waals surface area contributed by atoms with Crippen LogP contribution in [-0.2, 0) is 4.79 Å². The second-order valence-corrected chi connectivity index (χ2v) is 5.67. The summed E-state index contributed by atoms with van der Waals surface area (Å²) < 4.78 is 5.52. The first-order valence-corrected chi connectivity index (χ1v) is 7.56. The molecule has 1 heterocycles. The number of amides is 3. The Hall–Kier alpha value is -1.95. The summed E-state index contributed by atoms with van der Waals surface area (Å²) in [6, 6.07) is 4.84. The SMILES string of the molecule is Cc1cc(OCC(=O)N2CCCN(C(N)=O)CC2)ccc1Cl. The highest BCUT2D eigenvalue weighted by molar-refractivity contribution is 6.31. The second-order valence-electron chi connectivity index (χ2n) is 5.26. The molecule has 1 aromatic carbocycles. The van der Waals surface area contributed by atoms with Crippen molar-refractivity contribution in [3.05, 3.63) is 28.8 Å². The number of rotatable bonds is 3. The van der Waals surface area contributed by atoms with E-state index in [0.29, 0.717) is 43.4 Å². The van der Waals surface area contributed by atoms with E-state index >= 15 is 0 Å². The number of carbonyl (C=O) groups excluding carboxylic acids is 2. The number of benzene rings is 1. The van der Waals surface area contributed by atoms with E-state index in [1.54, 1.807) is 28.0 Å². The summed E-state index contributed by atoms with van der Waals surface area (Å²) in [7, 11) is 0. The Kier molecular flexibility index (Phi) is 5.49. The van der Waals surface area contributed by atoms with Crippen LogP contribution in [0.1, 0.15) is 12.0 Å². The Morgan fingerprint density at radius 3 is 2.59 bits per heavy atom. The molecule has 3 amide bonds. The molecule has 1 aliphatic rings. The molecule has 0 radical (unpaired) electrons. The maximum absolute atomic E-state index is 12.2. The van der Waals surface area contributed by atoms with Gasteiger partial charge in [0.25, 0.3) is 5.91 Å². The highest BCUT2D eigenvalue weighted by atomic mass is 35.5. The van der Waals surface area contributed by atoms with Crippen LogP contribution in [0.3, 0.4) is 0 Å². The first-order valence-electron chi connectivity index (χ1n) is 7.18. The minimum absolute atomic E-state index is 0.0301. The Labute approximate surface area is 134 Å². The molecule has 1 fully saturated rings. The molecule has 0 saturated carbocycles. The molecule has 0 bridgehead atoms. The quantitative estimate of drug-likeness (QED) is 0.918. The second kappa shape index (κ2) is 7.35. The fourth-order valence-electron chi connectivity index (χ4n) is 2.33. The number of nitrogens with two attached hydrogens (primary N) is 1. The number of hydrogen-bond acceptors (Lipinski definition) is 3. The van der Waals surface area contributed by atoms with Crippen LogP contribution in [0.2, 0.25) is 5.02 Å². The van der Waals surface area contributed by atoms with Crippen molar-refractivity contribution in [1.82, 2.24) is 9.80 Å². The zero-order chi connectivity index (χ0) is 16.1. The van der Waals surface area contributed by atoms with Gasteiger partial charge in [-0.25, -0.2) is 4.79 Å². The highest BCUT2D eigenvalue weighted by Crippen LogP contribution is 2.21. The lowest BCUT2D eigenvalue weighted by atomic mass is 10.2. The zero-order valence-corrected chi connectivity index (χ0v) is 13.3. The Morgan fingerprint density at radius 1 is 1.23 bits per heavy atom. The Balaban J connectivity index is 1.86. The van der Waals surface area contributed by atoms with Gasteiger partial charge in [0.05, 0.1) is 0 Å². The molecule has 1 aliphatic heterocycles. The van der Waals surface area contributed by atoms with E-state index in [1.807, 2.05) is 6.92 Å². The smallest absolute Gasteiger partial charge is 0.314 e. The van der Waals surface area contributed by atoms with Gasteiger partial charge in [-0.05, 0) is 37.1 Å². The van der Waals surface area contributed by atoms with E-state index < -0.39 is 6.03 Å². The number of aryl methyl sites for hydroxylation is 1. The molecular formula is C15H20ClN3O3. The van der Waals surface area contributed by atoms with Crippen molar-refractivity contribution in [2.24, 2.45) is 5.73 Å². The molecule has 22 heavy (non-hydrogen) atoms. The Morgan fingerprint density at radius 2 is 1.91 bits per heavy atom. The lowest BCUT2D eigenvalue weighted by Crippen LogP contribution is -2.40. The summed E-state index contributed by atoms with van der Waals surface area (Å²) in [6.07, 6.45) is 0.717. The third-order valence-electron chi connectivity index (χ3n) is 3.65. The zero-order valence-electron chi connectivity index (χ0n) is 12.5. The molecule has 6 nitrogen and oxygen atoms in total. The van der Waals surface area contributed by atoms with Crippen molar-refractivity contribution in [2.45, 2.75) is 13.3 Å². The van der Waals surface area contributed by atoms with Crippen LogP contribution in [0.25, 0.3) is 0 Å². The van der Waals surface area contributed by atoms with Gasteiger partial charge in [-0.3, -0.25) is 4.79 Å². The van der Waals surface area contributed by atoms with Gasteiger partial charge in [-0.1, -0.05) is 11.6 Å². The fraction of sp³-hybridized carbons (Fsp3) is 0.467. The van der Waals surface area contributed by atoms with Gasteiger partial charge < -0.3 is 20.3 Å². The number of halogens is 1. The van der Waals surface area contributed by atoms with Crippen molar-refractivity contribution in [2.75, 3.05) is 32.8 Å². The van der Waals surface area contributed by atoms with Crippen LogP contribution in [0.15, 0.2) is 18.2 Å². The largest absolute Gasteiger partial charge is 0.484 e. The van der Waals surface area contributed by atoms with E-state index in [9.17, 15) is 9.59 Å². The molecule has 0 atom stereocenters. The number of primary amides is 1. The van der Waals surface area contributed by atoms with Crippen LogP contribution in [0.4, 0.5) is 4.79 Å². The van der Waals surface area contributed by atoms with E-state index in [0.717, 1.165) is 5.56 Å². The first kappa shape index (κ1) is 16.4. The lowest BCUT2D eigenvalue weighted by molar-refractivity contribution is -0.133. The van der Waals surface area contributed by atoms with Crippen LogP contribution >= 0.6 is 11.6 Å². The number of carbonyl (C=O) groups is 2. The van der Waals surface area contributed by atoms with Crippen LogP contribution in [0.5, 0.6) is 5.75 Å². The van der Waals surface area contributed by atoms with Gasteiger partial charge in [0, 0.05) is 31.2 Å². The van der Waals surface area contributed by atoms with Crippen LogP contribution in [-0.4, -0.2) is 54.5 Å². The predicted octanol–water partition coefficient (Wildman–Crippen LogP) is 1.64. The minimum atomic E-state index is -0.442. The van der Waals surface area contributed by atoms with Crippen molar-refractivity contribution >= 4 is 23.5 Å². The third-order valence-corrected chi connectivity index (χ3v) is 4.08. The maximum Gasteiger partial charge on any atom is 0.314 e. The number of hydrogen-bond donors (Lipinski definition) is 1. The molecule has 0 aromatic heterocycles. The standard InChI is InChI=1S/C15H20ClN3O3/c1-11-9-12(3-4-13(11)16)22-10-14(20)18-5-2-6-19(8-7-18)15(17)21/h3-4,9H,2,5-8,10H2,1H3,(H2,17,21). The minimum Gasteiger partial charge on any atom is -0.484 e. The monoisotopic (exact) mass is 325 g/mol. The highest BCUT2D eigenvalue weighted by Gasteiger charge is 2.20. The van der Waals surface area contributed by atoms with Crippen molar-refractivity contribution in [1.29, 1.82) is 0 Å². The number of urea groups is 1. The molecular weight excluding hydrogens is 306 g/mol. The summed E-state index contributed by atoms with van der Waals surface area (Å²) >= 11 is 5.95. The summed E-state index contributed by atoms with van der Waals surface area (Å²) in [5.74, 6) is 0.516. The van der Waals surface area contributed by atoms with Crippen LogP contribution < -0.4 is 10.5 Å².